The lowest BCUT2D eigenvalue weighted by Gasteiger charge is -2.26. The van der Waals surface area contributed by atoms with Gasteiger partial charge in [-0.1, -0.05) is 46.1 Å². The number of nitrogens with zero attached hydrogens (tertiary/aromatic N) is 4. The van der Waals surface area contributed by atoms with Crippen LogP contribution >= 0.6 is 0 Å². The van der Waals surface area contributed by atoms with Crippen molar-refractivity contribution in [2.45, 2.75) is 59.9 Å². The van der Waals surface area contributed by atoms with Crippen LogP contribution in [0.2, 0.25) is 0 Å². The number of aromatic nitrogens is 3. The van der Waals surface area contributed by atoms with Gasteiger partial charge in [-0.3, -0.25) is 4.40 Å². The number of hydrogen-bond acceptors (Lipinski definition) is 3. The fraction of sp³-hybridized carbons (Fsp3) is 0.632. The van der Waals surface area contributed by atoms with E-state index in [0.29, 0.717) is 6.54 Å². The zero-order chi connectivity index (χ0) is 18.1. The predicted octanol–water partition coefficient (Wildman–Crippen LogP) is 3.39. The lowest BCUT2D eigenvalue weighted by Crippen LogP contribution is -2.42. The van der Waals surface area contributed by atoms with Crippen molar-refractivity contribution >= 4 is 11.6 Å². The fourth-order valence-electron chi connectivity index (χ4n) is 2.76. The van der Waals surface area contributed by atoms with Crippen LogP contribution in [-0.2, 0) is 6.54 Å². The van der Waals surface area contributed by atoms with E-state index >= 15 is 0 Å². The molecule has 0 amide bonds. The fourth-order valence-corrected chi connectivity index (χ4v) is 2.76. The van der Waals surface area contributed by atoms with Gasteiger partial charge in [-0.25, -0.2) is 4.99 Å². The number of guanidine groups is 1. The molecular formula is C19H32N6. The van der Waals surface area contributed by atoms with E-state index in [0.717, 1.165) is 30.5 Å². The standard InChI is InChI=1S/C19H32N6/c1-5-7-9-12-19(3,4)15-22-18(20-6-2)21-14-17-24-23-16-11-8-10-13-25(16)17/h8,10-11,13H,5-7,9,12,14-15H2,1-4H3,(H2,20,21,22). The third kappa shape index (κ3) is 6.03. The minimum Gasteiger partial charge on any atom is -0.357 e. The maximum Gasteiger partial charge on any atom is 0.191 e. The van der Waals surface area contributed by atoms with E-state index in [4.69, 9.17) is 0 Å². The summed E-state index contributed by atoms with van der Waals surface area (Å²) in [6.45, 7) is 11.2. The molecule has 0 aliphatic heterocycles. The predicted molar refractivity (Wildman–Crippen MR) is 104 cm³/mol. The van der Waals surface area contributed by atoms with Gasteiger partial charge in [0.1, 0.15) is 6.54 Å². The zero-order valence-electron chi connectivity index (χ0n) is 16.0. The number of rotatable bonds is 9. The number of hydrogen-bond donors (Lipinski definition) is 2. The van der Waals surface area contributed by atoms with E-state index in [1.807, 2.05) is 28.8 Å². The summed E-state index contributed by atoms with van der Waals surface area (Å²) in [4.78, 5) is 4.68. The number of nitrogens with one attached hydrogen (secondary N) is 2. The first-order chi connectivity index (χ1) is 12.1. The first kappa shape index (κ1) is 19.2. The Morgan fingerprint density at radius 1 is 1.16 bits per heavy atom. The number of fused-ring (bicyclic) bond motifs is 1. The monoisotopic (exact) mass is 344 g/mol. The summed E-state index contributed by atoms with van der Waals surface area (Å²) in [6, 6.07) is 5.89. The third-order valence-electron chi connectivity index (χ3n) is 4.30. The van der Waals surface area contributed by atoms with Crippen LogP contribution < -0.4 is 10.6 Å². The molecule has 25 heavy (non-hydrogen) atoms. The van der Waals surface area contributed by atoms with Gasteiger partial charge >= 0.3 is 0 Å². The van der Waals surface area contributed by atoms with Crippen LogP contribution in [-0.4, -0.2) is 33.6 Å². The molecule has 0 saturated heterocycles. The van der Waals surface area contributed by atoms with Gasteiger partial charge < -0.3 is 10.6 Å². The smallest absolute Gasteiger partial charge is 0.191 e. The Balaban J connectivity index is 1.96. The highest BCUT2D eigenvalue weighted by atomic mass is 15.3. The normalized spacial score (nSPS) is 12.6. The summed E-state index contributed by atoms with van der Waals surface area (Å²) in [7, 11) is 0. The highest BCUT2D eigenvalue weighted by molar-refractivity contribution is 5.79. The lowest BCUT2D eigenvalue weighted by molar-refractivity contribution is 0.318. The van der Waals surface area contributed by atoms with E-state index in [-0.39, 0.29) is 5.41 Å². The van der Waals surface area contributed by atoms with Gasteiger partial charge in [0.25, 0.3) is 0 Å². The second kappa shape index (κ2) is 9.39. The van der Waals surface area contributed by atoms with E-state index in [1.54, 1.807) is 0 Å². The van der Waals surface area contributed by atoms with Crippen LogP contribution in [0, 0.1) is 5.41 Å². The van der Waals surface area contributed by atoms with Crippen molar-refractivity contribution in [2.24, 2.45) is 10.4 Å². The molecule has 0 saturated carbocycles. The van der Waals surface area contributed by atoms with Gasteiger partial charge in [0.15, 0.2) is 17.4 Å². The van der Waals surface area contributed by atoms with Gasteiger partial charge in [-0.2, -0.15) is 0 Å². The Kier molecular flexibility index (Phi) is 7.22. The Morgan fingerprint density at radius 2 is 2.00 bits per heavy atom. The minimum absolute atomic E-state index is 0.257. The van der Waals surface area contributed by atoms with E-state index in [1.165, 1.54) is 25.7 Å². The maximum atomic E-state index is 4.68. The lowest BCUT2D eigenvalue weighted by atomic mass is 9.87. The number of unbranched alkanes of at least 4 members (excludes halogenated alkanes) is 2. The average molecular weight is 345 g/mol. The summed E-state index contributed by atoms with van der Waals surface area (Å²) in [6.07, 6.45) is 7.04. The molecule has 0 radical (unpaired) electrons. The molecule has 0 unspecified atom stereocenters. The molecule has 138 valence electrons. The van der Waals surface area contributed by atoms with Gasteiger partial charge in [0.05, 0.1) is 0 Å². The summed E-state index contributed by atoms with van der Waals surface area (Å²) < 4.78 is 1.97. The minimum atomic E-state index is 0.257. The molecule has 6 heteroatoms. The van der Waals surface area contributed by atoms with Crippen LogP contribution in [0.5, 0.6) is 0 Å². The van der Waals surface area contributed by atoms with Gasteiger partial charge in [0.2, 0.25) is 0 Å². The molecule has 2 aromatic rings. The van der Waals surface area contributed by atoms with Crippen molar-refractivity contribution in [3.05, 3.63) is 30.2 Å². The first-order valence-corrected chi connectivity index (χ1v) is 9.36. The highest BCUT2D eigenvalue weighted by Crippen LogP contribution is 2.22. The molecule has 0 aliphatic carbocycles. The summed E-state index contributed by atoms with van der Waals surface area (Å²) in [5, 5.41) is 15.2. The molecule has 0 spiro atoms. The second-order valence-electron chi connectivity index (χ2n) is 7.22. The molecule has 0 aromatic carbocycles. The molecule has 0 bridgehead atoms. The summed E-state index contributed by atoms with van der Waals surface area (Å²) >= 11 is 0. The van der Waals surface area contributed by atoms with Crippen LogP contribution in [0.1, 0.15) is 59.2 Å². The van der Waals surface area contributed by atoms with Gasteiger partial charge in [0, 0.05) is 19.3 Å². The maximum absolute atomic E-state index is 4.68. The van der Waals surface area contributed by atoms with Crippen molar-refractivity contribution in [1.29, 1.82) is 0 Å². The first-order valence-electron chi connectivity index (χ1n) is 9.36. The number of aliphatic imine (C=N–C) groups is 1. The number of pyridine rings is 1. The second-order valence-corrected chi connectivity index (χ2v) is 7.22. The molecule has 6 nitrogen and oxygen atoms in total. The van der Waals surface area contributed by atoms with Crippen LogP contribution in [0.15, 0.2) is 29.4 Å². The van der Waals surface area contributed by atoms with E-state index < -0.39 is 0 Å². The zero-order valence-corrected chi connectivity index (χ0v) is 16.0. The molecule has 2 N–H and O–H groups in total. The third-order valence-corrected chi connectivity index (χ3v) is 4.30. The van der Waals surface area contributed by atoms with Gasteiger partial charge in [-0.15, -0.1) is 10.2 Å². The molecule has 2 heterocycles. The Hall–Kier alpha value is -2.11. The van der Waals surface area contributed by atoms with Crippen LogP contribution in [0.4, 0.5) is 0 Å². The summed E-state index contributed by atoms with van der Waals surface area (Å²) in [5.74, 6) is 1.67. The van der Waals surface area contributed by atoms with E-state index in [9.17, 15) is 0 Å². The van der Waals surface area contributed by atoms with Crippen LogP contribution in [0.3, 0.4) is 0 Å². The largest absolute Gasteiger partial charge is 0.357 e. The van der Waals surface area contributed by atoms with Gasteiger partial charge in [-0.05, 0) is 30.9 Å². The topological polar surface area (TPSA) is 66.6 Å². The van der Waals surface area contributed by atoms with Crippen LogP contribution in [0.25, 0.3) is 5.65 Å². The molecule has 2 aromatic heterocycles. The van der Waals surface area contributed by atoms with E-state index in [2.05, 4.69) is 53.5 Å². The quantitative estimate of drug-likeness (QED) is 0.416. The molecule has 2 rings (SSSR count). The Morgan fingerprint density at radius 3 is 2.76 bits per heavy atom. The Labute approximate surface area is 151 Å². The Bertz CT molecular complexity index is 673. The van der Waals surface area contributed by atoms with Crippen molar-refractivity contribution in [1.82, 2.24) is 25.2 Å². The molecule has 0 fully saturated rings. The summed E-state index contributed by atoms with van der Waals surface area (Å²) in [5.41, 5.74) is 1.11. The molecule has 0 atom stereocenters. The molecular weight excluding hydrogens is 312 g/mol. The van der Waals surface area contributed by atoms with Crippen molar-refractivity contribution < 1.29 is 0 Å². The highest BCUT2D eigenvalue weighted by Gasteiger charge is 2.17. The van der Waals surface area contributed by atoms with Crippen molar-refractivity contribution in [3.8, 4) is 0 Å². The van der Waals surface area contributed by atoms with Crippen molar-refractivity contribution in [2.75, 3.05) is 13.1 Å². The SMILES string of the molecule is CCCCCC(C)(C)CNC(=NCc1nnc2ccccn12)NCC. The molecule has 0 aliphatic rings. The average Bonchev–Trinajstić information content (AvgIpc) is 3.01. The van der Waals surface area contributed by atoms with Crippen molar-refractivity contribution in [3.63, 3.8) is 0 Å².